The summed E-state index contributed by atoms with van der Waals surface area (Å²) in [5, 5.41) is 0. The molecule has 0 aliphatic carbocycles. The van der Waals surface area contributed by atoms with E-state index in [9.17, 15) is 0 Å². The maximum Gasteiger partial charge on any atom is 0.0702 e. The van der Waals surface area contributed by atoms with Crippen LogP contribution in [0.25, 0.3) is 11.3 Å². The Morgan fingerprint density at radius 1 is 1.13 bits per heavy atom. The zero-order valence-corrected chi connectivity index (χ0v) is 8.64. The van der Waals surface area contributed by atoms with Crippen molar-refractivity contribution in [2.24, 2.45) is 0 Å². The number of hydrogen-bond acceptors (Lipinski definition) is 1. The van der Waals surface area contributed by atoms with E-state index < -0.39 is 12.8 Å². The van der Waals surface area contributed by atoms with Gasteiger partial charge in [-0.1, -0.05) is 50.2 Å². The van der Waals surface area contributed by atoms with E-state index in [0.717, 1.165) is 16.8 Å². The number of nitrogens with zero attached hydrogens (tertiary/aromatic N) is 1. The Morgan fingerprint density at radius 2 is 1.93 bits per heavy atom. The van der Waals surface area contributed by atoms with Crippen LogP contribution in [0.2, 0.25) is 0 Å². The molecule has 2 rings (SSSR count). The molecule has 1 nitrogen and oxygen atoms in total. The van der Waals surface area contributed by atoms with Gasteiger partial charge < -0.3 is 0 Å². The van der Waals surface area contributed by atoms with Crippen LogP contribution in [0.1, 0.15) is 29.4 Å². The van der Waals surface area contributed by atoms with Gasteiger partial charge in [-0.05, 0) is 17.5 Å². The normalized spacial score (nSPS) is 16.2. The van der Waals surface area contributed by atoms with Gasteiger partial charge in [0.2, 0.25) is 0 Å². The van der Waals surface area contributed by atoms with E-state index in [0.29, 0.717) is 0 Å². The highest BCUT2D eigenvalue weighted by atomic mass is 14.7. The standard InChI is InChI=1S/C14H15N/c1-11(2)13-8-9-14(15-10-13)12-6-4-3-5-7-12/h3-11H,1-2H3/i1D3. The van der Waals surface area contributed by atoms with E-state index in [2.05, 4.69) is 4.98 Å². The number of aromatic nitrogens is 1. The van der Waals surface area contributed by atoms with Crippen molar-refractivity contribution >= 4 is 0 Å². The molecule has 0 radical (unpaired) electrons. The van der Waals surface area contributed by atoms with Crippen molar-refractivity contribution in [2.45, 2.75) is 19.7 Å². The molecule has 1 atom stereocenters. The Hall–Kier alpha value is -1.63. The number of hydrogen-bond donors (Lipinski definition) is 0. The Bertz CT molecular complexity index is 503. The Balaban J connectivity index is 2.26. The lowest BCUT2D eigenvalue weighted by Crippen LogP contribution is -1.89. The van der Waals surface area contributed by atoms with Crippen molar-refractivity contribution in [3.63, 3.8) is 0 Å². The van der Waals surface area contributed by atoms with Gasteiger partial charge in [0.15, 0.2) is 0 Å². The Morgan fingerprint density at radius 3 is 2.53 bits per heavy atom. The van der Waals surface area contributed by atoms with Crippen molar-refractivity contribution in [3.8, 4) is 11.3 Å². The van der Waals surface area contributed by atoms with E-state index in [1.807, 2.05) is 42.5 Å². The quantitative estimate of drug-likeness (QED) is 0.717. The van der Waals surface area contributed by atoms with Gasteiger partial charge in [-0.3, -0.25) is 4.98 Å². The molecule has 1 aromatic heterocycles. The minimum atomic E-state index is -1.98. The molecule has 0 saturated carbocycles. The average Bonchev–Trinajstić information content (AvgIpc) is 2.38. The summed E-state index contributed by atoms with van der Waals surface area (Å²) in [4.78, 5) is 4.33. The van der Waals surface area contributed by atoms with E-state index in [4.69, 9.17) is 4.11 Å². The topological polar surface area (TPSA) is 12.9 Å². The zero-order chi connectivity index (χ0) is 13.2. The van der Waals surface area contributed by atoms with E-state index >= 15 is 0 Å². The molecule has 1 heteroatoms. The predicted octanol–water partition coefficient (Wildman–Crippen LogP) is 3.87. The summed E-state index contributed by atoms with van der Waals surface area (Å²) in [5.41, 5.74) is 2.64. The molecule has 1 unspecified atom stereocenters. The van der Waals surface area contributed by atoms with Crippen molar-refractivity contribution in [2.75, 3.05) is 0 Å². The van der Waals surface area contributed by atoms with Crippen LogP contribution < -0.4 is 0 Å². The first-order valence-corrected chi connectivity index (χ1v) is 5.00. The lowest BCUT2D eigenvalue weighted by molar-refractivity contribution is 0.859. The Kier molecular flexibility index (Phi) is 1.93. The van der Waals surface area contributed by atoms with Crippen LogP contribution in [0.4, 0.5) is 0 Å². The Labute approximate surface area is 95.0 Å². The highest BCUT2D eigenvalue weighted by Gasteiger charge is 2.01. The molecule has 0 saturated heterocycles. The zero-order valence-electron chi connectivity index (χ0n) is 11.6. The van der Waals surface area contributed by atoms with E-state index in [-0.39, 0.29) is 0 Å². The van der Waals surface area contributed by atoms with Crippen LogP contribution in [-0.2, 0) is 0 Å². The number of pyridine rings is 1. The average molecular weight is 200 g/mol. The molecule has 1 aromatic carbocycles. The third-order valence-corrected chi connectivity index (χ3v) is 2.36. The molecule has 15 heavy (non-hydrogen) atoms. The first-order chi connectivity index (χ1) is 8.48. The van der Waals surface area contributed by atoms with Gasteiger partial charge in [-0.2, -0.15) is 0 Å². The summed E-state index contributed by atoms with van der Waals surface area (Å²) < 4.78 is 22.2. The smallest absolute Gasteiger partial charge is 0.0702 e. The maximum absolute atomic E-state index is 7.40. The lowest BCUT2D eigenvalue weighted by atomic mass is 10.0. The van der Waals surface area contributed by atoms with Crippen molar-refractivity contribution in [1.82, 2.24) is 4.98 Å². The molecule has 0 aliphatic rings. The fourth-order valence-corrected chi connectivity index (χ4v) is 1.44. The van der Waals surface area contributed by atoms with Crippen LogP contribution in [0, 0.1) is 0 Å². The second-order valence-corrected chi connectivity index (χ2v) is 3.56. The van der Waals surface area contributed by atoms with Crippen molar-refractivity contribution in [3.05, 3.63) is 54.2 Å². The molecular weight excluding hydrogens is 182 g/mol. The minimum Gasteiger partial charge on any atom is -0.256 e. The van der Waals surface area contributed by atoms with Crippen LogP contribution in [0.5, 0.6) is 0 Å². The maximum atomic E-state index is 7.40. The molecule has 0 N–H and O–H groups in total. The third-order valence-electron chi connectivity index (χ3n) is 2.36. The molecule has 2 aromatic rings. The molecule has 0 amide bonds. The minimum absolute atomic E-state index is 0.491. The summed E-state index contributed by atoms with van der Waals surface area (Å²) in [6.07, 6.45) is 1.65. The van der Waals surface area contributed by atoms with Gasteiger partial charge in [0.05, 0.1) is 5.69 Å². The van der Waals surface area contributed by atoms with Crippen molar-refractivity contribution in [1.29, 1.82) is 0 Å². The number of benzene rings is 1. The fraction of sp³-hybridized carbons (Fsp3) is 0.214. The van der Waals surface area contributed by atoms with Gasteiger partial charge in [-0.25, -0.2) is 0 Å². The van der Waals surface area contributed by atoms with Gasteiger partial charge in [0.25, 0.3) is 0 Å². The molecule has 0 fully saturated rings. The SMILES string of the molecule is [2H]C([2H])([2H])C(C)c1ccc(-c2ccccc2)nc1. The van der Waals surface area contributed by atoms with Gasteiger partial charge in [-0.15, -0.1) is 0 Å². The highest BCUT2D eigenvalue weighted by Crippen LogP contribution is 2.19. The second-order valence-electron chi connectivity index (χ2n) is 3.56. The largest absolute Gasteiger partial charge is 0.256 e. The van der Waals surface area contributed by atoms with Crippen molar-refractivity contribution < 1.29 is 4.11 Å². The lowest BCUT2D eigenvalue weighted by Gasteiger charge is -2.05. The van der Waals surface area contributed by atoms with Gasteiger partial charge in [0.1, 0.15) is 0 Å². The summed E-state index contributed by atoms with van der Waals surface area (Å²) >= 11 is 0. The fourth-order valence-electron chi connectivity index (χ4n) is 1.44. The first kappa shape index (κ1) is 6.78. The van der Waals surface area contributed by atoms with Crippen LogP contribution >= 0.6 is 0 Å². The molecule has 0 bridgehead atoms. The molecule has 1 heterocycles. The van der Waals surface area contributed by atoms with Crippen LogP contribution in [0.3, 0.4) is 0 Å². The van der Waals surface area contributed by atoms with Gasteiger partial charge in [0, 0.05) is 15.9 Å². The molecule has 76 valence electrons. The third kappa shape index (κ3) is 2.24. The van der Waals surface area contributed by atoms with Crippen LogP contribution in [0.15, 0.2) is 48.7 Å². The van der Waals surface area contributed by atoms with E-state index in [1.165, 1.54) is 0 Å². The molecule has 0 spiro atoms. The van der Waals surface area contributed by atoms with E-state index in [1.54, 1.807) is 13.1 Å². The second kappa shape index (κ2) is 4.26. The summed E-state index contributed by atoms with van der Waals surface area (Å²) in [7, 11) is 0. The first-order valence-electron chi connectivity index (χ1n) is 6.50. The predicted molar refractivity (Wildman–Crippen MR) is 63.8 cm³/mol. The van der Waals surface area contributed by atoms with Crippen LogP contribution in [-0.4, -0.2) is 4.98 Å². The summed E-state index contributed by atoms with van der Waals surface area (Å²) in [6.45, 7) is -0.276. The number of rotatable bonds is 2. The molecular formula is C14H15N. The molecule has 0 aliphatic heterocycles. The monoisotopic (exact) mass is 200 g/mol. The summed E-state index contributed by atoms with van der Waals surface area (Å²) in [5.74, 6) is -0.491. The summed E-state index contributed by atoms with van der Waals surface area (Å²) in [6, 6.07) is 13.5. The van der Waals surface area contributed by atoms with Gasteiger partial charge >= 0.3 is 0 Å². The highest BCUT2D eigenvalue weighted by molar-refractivity contribution is 5.58.